The predicted octanol–water partition coefficient (Wildman–Crippen LogP) is 1.71. The molecule has 2 bridgehead atoms. The molecule has 1 N–H and O–H groups in total. The molecule has 3 atom stereocenters. The summed E-state index contributed by atoms with van der Waals surface area (Å²) in [6.45, 7) is 5.45. The molecule has 2 rings (SSSR count). The highest BCUT2D eigenvalue weighted by molar-refractivity contribution is 7.98. The Kier molecular flexibility index (Phi) is 3.65. The average molecular weight is 299 g/mol. The van der Waals surface area contributed by atoms with E-state index in [0.29, 0.717) is 25.2 Å². The molecule has 1 saturated heterocycles. The predicted molar refractivity (Wildman–Crippen MR) is 75.8 cm³/mol. The standard InChI is InChI=1S/C14H21NO4S/c1-12-5-13(2,10(17)15-9(12)16)7-14(3,6-12)11(18)19-8-20-4/h5-8H2,1-4H3,(H,15,16,17)/t12-,13+,14?. The number of amides is 2. The SMILES string of the molecule is CSCOC(=O)C1(C)C[C@@]2(C)C[C@@](C)(C1)C(=O)NC2=O. The van der Waals surface area contributed by atoms with Crippen molar-refractivity contribution in [3.63, 3.8) is 0 Å². The van der Waals surface area contributed by atoms with E-state index in [0.717, 1.165) is 0 Å². The van der Waals surface area contributed by atoms with E-state index in [9.17, 15) is 14.4 Å². The van der Waals surface area contributed by atoms with Gasteiger partial charge in [0.1, 0.15) is 5.94 Å². The molecule has 1 heterocycles. The number of nitrogens with one attached hydrogen (secondary N) is 1. The molecule has 6 heteroatoms. The summed E-state index contributed by atoms with van der Waals surface area (Å²) >= 11 is 1.42. The Morgan fingerprint density at radius 1 is 1.15 bits per heavy atom. The van der Waals surface area contributed by atoms with Gasteiger partial charge in [-0.3, -0.25) is 19.7 Å². The van der Waals surface area contributed by atoms with Crippen molar-refractivity contribution in [2.24, 2.45) is 16.2 Å². The highest BCUT2D eigenvalue weighted by atomic mass is 32.2. The molecule has 0 spiro atoms. The maximum absolute atomic E-state index is 12.3. The van der Waals surface area contributed by atoms with E-state index < -0.39 is 16.2 Å². The van der Waals surface area contributed by atoms with Crippen LogP contribution in [0.5, 0.6) is 0 Å². The quantitative estimate of drug-likeness (QED) is 0.488. The Morgan fingerprint density at radius 3 is 2.10 bits per heavy atom. The number of ether oxygens (including phenoxy) is 1. The molecular formula is C14H21NO4S. The van der Waals surface area contributed by atoms with Crippen molar-refractivity contribution in [3.05, 3.63) is 0 Å². The van der Waals surface area contributed by atoms with Crippen LogP contribution in [0.4, 0.5) is 0 Å². The van der Waals surface area contributed by atoms with Crippen LogP contribution in [0.15, 0.2) is 0 Å². The number of piperidine rings is 1. The largest absolute Gasteiger partial charge is 0.454 e. The summed E-state index contributed by atoms with van der Waals surface area (Å²) in [5, 5.41) is 2.45. The van der Waals surface area contributed by atoms with Gasteiger partial charge in [0.25, 0.3) is 0 Å². The van der Waals surface area contributed by atoms with Crippen molar-refractivity contribution in [1.82, 2.24) is 5.32 Å². The second-order valence-electron chi connectivity index (χ2n) is 6.83. The molecule has 20 heavy (non-hydrogen) atoms. The van der Waals surface area contributed by atoms with Crippen LogP contribution in [0.25, 0.3) is 0 Å². The van der Waals surface area contributed by atoms with E-state index in [1.165, 1.54) is 11.8 Å². The van der Waals surface area contributed by atoms with Gasteiger partial charge in [0.15, 0.2) is 0 Å². The van der Waals surface area contributed by atoms with Crippen molar-refractivity contribution in [1.29, 1.82) is 0 Å². The van der Waals surface area contributed by atoms with Crippen LogP contribution in [0, 0.1) is 16.2 Å². The summed E-state index contributed by atoms with van der Waals surface area (Å²) < 4.78 is 5.24. The first kappa shape index (κ1) is 15.4. The summed E-state index contributed by atoms with van der Waals surface area (Å²) in [6.07, 6.45) is 3.19. The average Bonchev–Trinajstić information content (AvgIpc) is 2.32. The zero-order valence-corrected chi connectivity index (χ0v) is 13.2. The highest BCUT2D eigenvalue weighted by Gasteiger charge is 2.61. The third-order valence-corrected chi connectivity index (χ3v) is 4.82. The van der Waals surface area contributed by atoms with Gasteiger partial charge in [-0.25, -0.2) is 0 Å². The van der Waals surface area contributed by atoms with Crippen molar-refractivity contribution in [2.45, 2.75) is 40.0 Å². The number of thioether (sulfide) groups is 1. The van der Waals surface area contributed by atoms with Crippen LogP contribution in [-0.4, -0.2) is 30.0 Å². The Bertz CT molecular complexity index is 450. The van der Waals surface area contributed by atoms with Gasteiger partial charge in [-0.1, -0.05) is 13.8 Å². The number of carbonyl (C=O) groups is 3. The Labute approximate surface area is 123 Å². The lowest BCUT2D eigenvalue weighted by molar-refractivity contribution is -0.173. The number of rotatable bonds is 3. The van der Waals surface area contributed by atoms with Crippen molar-refractivity contribution < 1.29 is 19.1 Å². The third kappa shape index (κ3) is 2.34. The van der Waals surface area contributed by atoms with Crippen molar-refractivity contribution >= 4 is 29.5 Å². The minimum atomic E-state index is -0.787. The summed E-state index contributed by atoms with van der Waals surface area (Å²) in [4.78, 5) is 36.6. The zero-order valence-electron chi connectivity index (χ0n) is 12.4. The van der Waals surface area contributed by atoms with Gasteiger partial charge in [-0.05, 0) is 32.4 Å². The van der Waals surface area contributed by atoms with E-state index in [2.05, 4.69) is 5.32 Å². The molecule has 1 aliphatic heterocycles. The van der Waals surface area contributed by atoms with Crippen LogP contribution >= 0.6 is 11.8 Å². The second kappa shape index (κ2) is 4.76. The fourth-order valence-corrected chi connectivity index (χ4v) is 4.15. The van der Waals surface area contributed by atoms with Gasteiger partial charge in [0, 0.05) is 10.8 Å². The Morgan fingerprint density at radius 2 is 1.65 bits per heavy atom. The fraction of sp³-hybridized carbons (Fsp3) is 0.786. The first-order valence-electron chi connectivity index (χ1n) is 6.67. The number of carbonyl (C=O) groups excluding carboxylic acids is 3. The highest BCUT2D eigenvalue weighted by Crippen LogP contribution is 2.56. The monoisotopic (exact) mass is 299 g/mol. The molecule has 2 aliphatic rings. The van der Waals surface area contributed by atoms with Crippen LogP contribution in [-0.2, 0) is 19.1 Å². The van der Waals surface area contributed by atoms with Crippen LogP contribution in [0.2, 0.25) is 0 Å². The minimum absolute atomic E-state index is 0.274. The molecule has 5 nitrogen and oxygen atoms in total. The van der Waals surface area contributed by atoms with Crippen LogP contribution in [0.3, 0.4) is 0 Å². The number of hydrogen-bond donors (Lipinski definition) is 1. The molecule has 2 fully saturated rings. The van der Waals surface area contributed by atoms with E-state index in [4.69, 9.17) is 4.74 Å². The van der Waals surface area contributed by atoms with Gasteiger partial charge < -0.3 is 4.74 Å². The zero-order chi connectivity index (χ0) is 15.2. The Balaban J connectivity index is 2.32. The molecule has 0 aromatic rings. The number of fused-ring (bicyclic) bond motifs is 2. The lowest BCUT2D eigenvalue weighted by Crippen LogP contribution is -2.62. The molecule has 0 radical (unpaired) electrons. The van der Waals surface area contributed by atoms with Crippen LogP contribution in [0.1, 0.15) is 40.0 Å². The molecule has 1 saturated carbocycles. The van der Waals surface area contributed by atoms with Crippen LogP contribution < -0.4 is 5.32 Å². The summed E-state index contributed by atoms with van der Waals surface area (Å²) in [5.74, 6) is -0.569. The Hall–Kier alpha value is -1.04. The van der Waals surface area contributed by atoms with Crippen molar-refractivity contribution in [3.8, 4) is 0 Å². The van der Waals surface area contributed by atoms with E-state index in [-0.39, 0.29) is 17.8 Å². The topological polar surface area (TPSA) is 72.5 Å². The normalized spacial score (nSPS) is 40.2. The van der Waals surface area contributed by atoms with E-state index in [1.54, 1.807) is 6.92 Å². The molecule has 2 amide bonds. The molecule has 0 aromatic carbocycles. The fourth-order valence-electron chi connectivity index (χ4n) is 3.93. The van der Waals surface area contributed by atoms with Gasteiger partial charge in [-0.2, -0.15) is 0 Å². The first-order valence-corrected chi connectivity index (χ1v) is 8.07. The minimum Gasteiger partial charge on any atom is -0.454 e. The van der Waals surface area contributed by atoms with Gasteiger partial charge in [0.2, 0.25) is 11.8 Å². The first-order chi connectivity index (χ1) is 9.15. The van der Waals surface area contributed by atoms with E-state index >= 15 is 0 Å². The van der Waals surface area contributed by atoms with Gasteiger partial charge in [0.05, 0.1) is 5.41 Å². The van der Waals surface area contributed by atoms with Crippen molar-refractivity contribution in [2.75, 3.05) is 12.2 Å². The molecule has 1 unspecified atom stereocenters. The maximum atomic E-state index is 12.3. The maximum Gasteiger partial charge on any atom is 0.312 e. The lowest BCUT2D eigenvalue weighted by atomic mass is 9.52. The molecular weight excluding hydrogens is 278 g/mol. The number of esters is 1. The van der Waals surface area contributed by atoms with E-state index in [1.807, 2.05) is 20.1 Å². The number of imide groups is 1. The van der Waals surface area contributed by atoms with Gasteiger partial charge in [-0.15, -0.1) is 11.8 Å². The molecule has 112 valence electrons. The second-order valence-corrected chi connectivity index (χ2v) is 7.65. The summed E-state index contributed by atoms with van der Waals surface area (Å²) in [7, 11) is 0. The molecule has 1 aliphatic carbocycles. The van der Waals surface area contributed by atoms with Gasteiger partial charge >= 0.3 is 5.97 Å². The third-order valence-electron chi connectivity index (χ3n) is 4.47. The number of hydrogen-bond acceptors (Lipinski definition) is 5. The lowest BCUT2D eigenvalue weighted by Gasteiger charge is -2.52. The molecule has 0 aromatic heterocycles. The summed E-state index contributed by atoms with van der Waals surface area (Å²) in [5.41, 5.74) is -2.16. The smallest absolute Gasteiger partial charge is 0.312 e. The summed E-state index contributed by atoms with van der Waals surface area (Å²) in [6, 6.07) is 0.